The molecule has 4 rings (SSSR count). The second-order valence-electron chi connectivity index (χ2n) is 7.16. The summed E-state index contributed by atoms with van der Waals surface area (Å²) >= 11 is 0. The van der Waals surface area contributed by atoms with Crippen molar-refractivity contribution in [1.29, 1.82) is 0 Å². The molecule has 24 heavy (non-hydrogen) atoms. The maximum atomic E-state index is 12.9. The molecule has 1 aromatic heterocycles. The van der Waals surface area contributed by atoms with Crippen molar-refractivity contribution in [2.75, 3.05) is 13.2 Å². The van der Waals surface area contributed by atoms with E-state index in [-0.39, 0.29) is 23.9 Å². The van der Waals surface area contributed by atoms with Crippen LogP contribution in [0.15, 0.2) is 22.8 Å². The molecule has 1 atom stereocenters. The summed E-state index contributed by atoms with van der Waals surface area (Å²) in [5.41, 5.74) is 0. The van der Waals surface area contributed by atoms with Gasteiger partial charge in [-0.3, -0.25) is 0 Å². The van der Waals surface area contributed by atoms with Crippen molar-refractivity contribution in [3.8, 4) is 0 Å². The summed E-state index contributed by atoms with van der Waals surface area (Å²) in [6.07, 6.45) is 7.34. The molecule has 2 heterocycles. The summed E-state index contributed by atoms with van der Waals surface area (Å²) in [4.78, 5) is 14.8. The number of carbonyl (C=O) groups is 1. The molecular formula is C18H26N2O4. The van der Waals surface area contributed by atoms with Gasteiger partial charge in [-0.25, -0.2) is 4.79 Å². The van der Waals surface area contributed by atoms with Gasteiger partial charge in [0.1, 0.15) is 5.76 Å². The second-order valence-corrected chi connectivity index (χ2v) is 7.16. The summed E-state index contributed by atoms with van der Waals surface area (Å²) in [5, 5.41) is 3.22. The van der Waals surface area contributed by atoms with E-state index < -0.39 is 0 Å². The molecule has 0 bridgehead atoms. The fraction of sp³-hybridized carbons (Fsp3) is 0.722. The molecule has 6 nitrogen and oxygen atoms in total. The molecule has 2 amide bonds. The van der Waals surface area contributed by atoms with Crippen LogP contribution in [0.3, 0.4) is 0 Å². The van der Waals surface area contributed by atoms with Crippen LogP contribution in [-0.2, 0) is 9.47 Å². The topological polar surface area (TPSA) is 63.9 Å². The molecule has 0 unspecified atom stereocenters. The number of hydrogen-bond donors (Lipinski definition) is 1. The summed E-state index contributed by atoms with van der Waals surface area (Å²) in [6.45, 7) is 3.41. The van der Waals surface area contributed by atoms with Gasteiger partial charge in [0.2, 0.25) is 0 Å². The molecule has 132 valence electrons. The summed E-state index contributed by atoms with van der Waals surface area (Å²) < 4.78 is 17.0. The molecular weight excluding hydrogens is 308 g/mol. The Labute approximate surface area is 142 Å². The van der Waals surface area contributed by atoms with E-state index in [1.807, 2.05) is 24.0 Å². The average molecular weight is 334 g/mol. The minimum atomic E-state index is -0.376. The van der Waals surface area contributed by atoms with Gasteiger partial charge in [-0.05, 0) is 44.7 Å². The Balaban J connectivity index is 1.36. The van der Waals surface area contributed by atoms with Crippen molar-refractivity contribution in [2.45, 2.75) is 69.4 Å². The molecule has 1 aromatic rings. The highest BCUT2D eigenvalue weighted by Gasteiger charge is 2.42. The van der Waals surface area contributed by atoms with Crippen LogP contribution in [0.2, 0.25) is 0 Å². The number of urea groups is 1. The zero-order chi connectivity index (χ0) is 16.6. The van der Waals surface area contributed by atoms with Crippen molar-refractivity contribution in [3.05, 3.63) is 24.2 Å². The first-order valence-electron chi connectivity index (χ1n) is 9.07. The smallest absolute Gasteiger partial charge is 0.318 e. The van der Waals surface area contributed by atoms with E-state index in [2.05, 4.69) is 5.32 Å². The lowest BCUT2D eigenvalue weighted by atomic mass is 9.90. The van der Waals surface area contributed by atoms with Crippen LogP contribution in [-0.4, -0.2) is 42.0 Å². The Kier molecular flexibility index (Phi) is 4.26. The predicted octanol–water partition coefficient (Wildman–Crippen LogP) is 3.20. The quantitative estimate of drug-likeness (QED) is 0.918. The van der Waals surface area contributed by atoms with E-state index in [1.165, 1.54) is 0 Å². The van der Waals surface area contributed by atoms with Gasteiger partial charge in [-0.2, -0.15) is 0 Å². The molecule has 6 heteroatoms. The van der Waals surface area contributed by atoms with Crippen LogP contribution in [0.25, 0.3) is 0 Å². The first-order chi connectivity index (χ1) is 11.7. The third-order valence-corrected chi connectivity index (χ3v) is 5.44. The Hall–Kier alpha value is -1.53. The van der Waals surface area contributed by atoms with Crippen LogP contribution in [0, 0.1) is 0 Å². The van der Waals surface area contributed by atoms with Gasteiger partial charge >= 0.3 is 6.03 Å². The van der Waals surface area contributed by atoms with Crippen molar-refractivity contribution >= 4 is 6.03 Å². The van der Waals surface area contributed by atoms with Gasteiger partial charge < -0.3 is 24.1 Å². The Morgan fingerprint density at radius 3 is 2.54 bits per heavy atom. The van der Waals surface area contributed by atoms with E-state index in [0.29, 0.717) is 19.3 Å². The molecule has 3 aliphatic rings. The number of ether oxygens (including phenoxy) is 2. The van der Waals surface area contributed by atoms with Crippen LogP contribution < -0.4 is 5.32 Å². The maximum Gasteiger partial charge on any atom is 0.318 e. The molecule has 1 spiro atoms. The van der Waals surface area contributed by atoms with E-state index in [9.17, 15) is 4.79 Å². The second kappa shape index (κ2) is 6.41. The number of nitrogens with zero attached hydrogens (tertiary/aromatic N) is 1. The third kappa shape index (κ3) is 3.17. The maximum absolute atomic E-state index is 12.9. The van der Waals surface area contributed by atoms with Crippen molar-refractivity contribution in [2.24, 2.45) is 0 Å². The Morgan fingerprint density at radius 2 is 1.96 bits per heavy atom. The Morgan fingerprint density at radius 1 is 1.25 bits per heavy atom. The van der Waals surface area contributed by atoms with Gasteiger partial charge in [-0.15, -0.1) is 0 Å². The lowest BCUT2D eigenvalue weighted by Gasteiger charge is -2.37. The third-order valence-electron chi connectivity index (χ3n) is 5.44. The lowest BCUT2D eigenvalue weighted by molar-refractivity contribution is -0.179. The first kappa shape index (κ1) is 16.0. The standard InChI is InChI=1S/C18H26N2O4/c1-13(16-3-2-10-22-16)20(15-4-5-15)17(21)19-14-6-8-18(9-7-14)23-11-12-24-18/h2-3,10,13-15H,4-9,11-12H2,1H3,(H,19,21)/t13-/m1/s1. The Bertz CT molecular complexity index is 554. The molecule has 2 saturated carbocycles. The van der Waals surface area contributed by atoms with Crippen molar-refractivity contribution in [3.63, 3.8) is 0 Å². The molecule has 1 aliphatic heterocycles. The molecule has 2 aliphatic carbocycles. The molecule has 0 radical (unpaired) electrons. The zero-order valence-electron chi connectivity index (χ0n) is 14.2. The minimum Gasteiger partial charge on any atom is -0.467 e. The van der Waals surface area contributed by atoms with Crippen LogP contribution >= 0.6 is 0 Å². The molecule has 1 saturated heterocycles. The highest BCUT2D eigenvalue weighted by molar-refractivity contribution is 5.75. The summed E-state index contributed by atoms with van der Waals surface area (Å²) in [5.74, 6) is 0.464. The molecule has 0 aromatic carbocycles. The fourth-order valence-electron chi connectivity index (χ4n) is 3.91. The van der Waals surface area contributed by atoms with Crippen molar-refractivity contribution < 1.29 is 18.7 Å². The first-order valence-corrected chi connectivity index (χ1v) is 9.07. The van der Waals surface area contributed by atoms with E-state index in [4.69, 9.17) is 13.9 Å². The number of rotatable bonds is 4. The monoisotopic (exact) mass is 334 g/mol. The van der Waals surface area contributed by atoms with Gasteiger partial charge in [0.25, 0.3) is 0 Å². The average Bonchev–Trinajstić information content (AvgIpc) is 3.09. The number of amides is 2. The minimum absolute atomic E-state index is 0.0237. The number of carbonyl (C=O) groups excluding carboxylic acids is 1. The SMILES string of the molecule is C[C@H](c1ccco1)N(C(=O)NC1CCC2(CC1)OCCO2)C1CC1. The summed E-state index contributed by atoms with van der Waals surface area (Å²) in [7, 11) is 0. The van der Waals surface area contributed by atoms with Gasteiger partial charge in [0.15, 0.2) is 5.79 Å². The van der Waals surface area contributed by atoms with Crippen LogP contribution in [0.4, 0.5) is 4.79 Å². The largest absolute Gasteiger partial charge is 0.467 e. The highest BCUT2D eigenvalue weighted by Crippen LogP contribution is 2.37. The highest BCUT2D eigenvalue weighted by atomic mass is 16.7. The predicted molar refractivity (Wildman–Crippen MR) is 87.4 cm³/mol. The van der Waals surface area contributed by atoms with Gasteiger partial charge in [0, 0.05) is 24.9 Å². The van der Waals surface area contributed by atoms with Gasteiger partial charge in [0.05, 0.1) is 25.5 Å². The van der Waals surface area contributed by atoms with E-state index in [1.54, 1.807) is 6.26 Å². The fourth-order valence-corrected chi connectivity index (χ4v) is 3.91. The number of hydrogen-bond acceptors (Lipinski definition) is 4. The number of furan rings is 1. The van der Waals surface area contributed by atoms with E-state index in [0.717, 1.165) is 44.3 Å². The molecule has 1 N–H and O–H groups in total. The normalized spacial score (nSPS) is 24.9. The van der Waals surface area contributed by atoms with Crippen molar-refractivity contribution in [1.82, 2.24) is 10.2 Å². The number of nitrogens with one attached hydrogen (secondary N) is 1. The van der Waals surface area contributed by atoms with Crippen LogP contribution in [0.5, 0.6) is 0 Å². The molecule has 3 fully saturated rings. The summed E-state index contributed by atoms with van der Waals surface area (Å²) in [6, 6.07) is 4.32. The van der Waals surface area contributed by atoms with E-state index >= 15 is 0 Å². The van der Waals surface area contributed by atoms with Gasteiger partial charge in [-0.1, -0.05) is 0 Å². The lowest BCUT2D eigenvalue weighted by Crippen LogP contribution is -2.49. The van der Waals surface area contributed by atoms with Crippen LogP contribution in [0.1, 0.15) is 57.3 Å². The zero-order valence-corrected chi connectivity index (χ0v) is 14.2.